The maximum absolute atomic E-state index is 11.0. The van der Waals surface area contributed by atoms with Gasteiger partial charge in [-0.15, -0.1) is 0 Å². The summed E-state index contributed by atoms with van der Waals surface area (Å²) in [5.74, 6) is 1.10. The predicted molar refractivity (Wildman–Crippen MR) is 95.8 cm³/mol. The quantitative estimate of drug-likeness (QED) is 0.757. The first-order valence-electron chi connectivity index (χ1n) is 8.94. The lowest BCUT2D eigenvalue weighted by Gasteiger charge is -2.38. The summed E-state index contributed by atoms with van der Waals surface area (Å²) in [7, 11) is 0. The number of piperidine rings is 1. The van der Waals surface area contributed by atoms with Crippen LogP contribution in [-0.4, -0.2) is 48.6 Å². The Labute approximate surface area is 152 Å². The lowest BCUT2D eigenvalue weighted by Crippen LogP contribution is -2.49. The second-order valence-electron chi connectivity index (χ2n) is 7.04. The van der Waals surface area contributed by atoms with E-state index in [1.807, 2.05) is 47.3 Å². The number of rotatable bonds is 5. The van der Waals surface area contributed by atoms with Crippen molar-refractivity contribution in [2.75, 3.05) is 13.1 Å². The van der Waals surface area contributed by atoms with Gasteiger partial charge >= 0.3 is 0 Å². The van der Waals surface area contributed by atoms with E-state index in [-0.39, 0.29) is 0 Å². The summed E-state index contributed by atoms with van der Waals surface area (Å²) in [5, 5.41) is 19.4. The van der Waals surface area contributed by atoms with Crippen molar-refractivity contribution in [1.29, 1.82) is 0 Å². The van der Waals surface area contributed by atoms with Crippen molar-refractivity contribution in [1.82, 2.24) is 24.8 Å². The smallest absolute Gasteiger partial charge is 0.229 e. The van der Waals surface area contributed by atoms with E-state index >= 15 is 0 Å². The molecule has 7 nitrogen and oxygen atoms in total. The number of benzene rings is 1. The molecule has 1 saturated heterocycles. The number of nitrogens with zero attached hydrogens (tertiary/aromatic N) is 5. The van der Waals surface area contributed by atoms with Gasteiger partial charge in [-0.2, -0.15) is 10.1 Å². The largest absolute Gasteiger partial charge is 0.388 e. The number of aromatic nitrogens is 4. The van der Waals surface area contributed by atoms with Gasteiger partial charge < -0.3 is 9.63 Å². The summed E-state index contributed by atoms with van der Waals surface area (Å²) >= 11 is 0. The Morgan fingerprint density at radius 1 is 1.23 bits per heavy atom. The number of aryl methyl sites for hydroxylation is 1. The summed E-state index contributed by atoms with van der Waals surface area (Å²) in [6.07, 6.45) is 4.04. The van der Waals surface area contributed by atoms with Crippen molar-refractivity contribution < 1.29 is 9.63 Å². The van der Waals surface area contributed by atoms with Gasteiger partial charge in [0.15, 0.2) is 5.82 Å². The van der Waals surface area contributed by atoms with Crippen molar-refractivity contribution in [3.63, 3.8) is 0 Å². The van der Waals surface area contributed by atoms with E-state index in [0.717, 1.165) is 30.8 Å². The molecule has 136 valence electrons. The number of aliphatic hydroxyl groups is 1. The molecule has 0 amide bonds. The minimum absolute atomic E-state index is 0.392. The fourth-order valence-electron chi connectivity index (χ4n) is 3.58. The molecule has 0 bridgehead atoms. The Bertz CT molecular complexity index is 860. The van der Waals surface area contributed by atoms with Crippen LogP contribution in [-0.2, 0) is 13.0 Å². The highest BCUT2D eigenvalue weighted by Crippen LogP contribution is 2.26. The number of hydrogen-bond acceptors (Lipinski definition) is 6. The first-order chi connectivity index (χ1) is 12.6. The molecule has 2 aromatic heterocycles. The molecule has 7 heteroatoms. The molecule has 1 unspecified atom stereocenters. The molecule has 1 aliphatic rings. The van der Waals surface area contributed by atoms with Crippen molar-refractivity contribution in [3.05, 3.63) is 60.0 Å². The first kappa shape index (κ1) is 16.9. The Morgan fingerprint density at radius 3 is 2.85 bits per heavy atom. The average Bonchev–Trinajstić information content (AvgIpc) is 3.24. The molecule has 1 atom stereocenters. The van der Waals surface area contributed by atoms with Crippen molar-refractivity contribution in [3.8, 4) is 5.69 Å². The van der Waals surface area contributed by atoms with E-state index in [1.54, 1.807) is 6.92 Å². The number of hydrogen-bond donors (Lipinski definition) is 1. The molecule has 0 aliphatic carbocycles. The van der Waals surface area contributed by atoms with Gasteiger partial charge in [-0.05, 0) is 44.5 Å². The Kier molecular flexibility index (Phi) is 4.57. The molecule has 1 fully saturated rings. The van der Waals surface area contributed by atoms with E-state index in [0.29, 0.717) is 31.2 Å². The zero-order valence-corrected chi connectivity index (χ0v) is 14.9. The topological polar surface area (TPSA) is 80.2 Å². The second kappa shape index (κ2) is 7.01. The SMILES string of the molecule is Cc1noc(CC2(O)CCCN(Cc3ccn(-c4ccccc4)n3)C2)n1. The Balaban J connectivity index is 1.41. The van der Waals surface area contributed by atoms with Crippen LogP contribution in [0.4, 0.5) is 0 Å². The molecule has 4 rings (SSSR count). The standard InChI is InChI=1S/C19H23N5O2/c1-15-20-18(26-22-15)12-19(25)9-5-10-23(14-19)13-16-8-11-24(21-16)17-6-3-2-4-7-17/h2-4,6-8,11,25H,5,9-10,12-14H2,1H3. The summed E-state index contributed by atoms with van der Waals surface area (Å²) in [4.78, 5) is 6.46. The second-order valence-corrected chi connectivity index (χ2v) is 7.04. The molecule has 1 aromatic carbocycles. The van der Waals surface area contributed by atoms with Gasteiger partial charge in [0.2, 0.25) is 5.89 Å². The normalized spacial score (nSPS) is 21.2. The van der Waals surface area contributed by atoms with Gasteiger partial charge in [0.05, 0.1) is 23.4 Å². The van der Waals surface area contributed by atoms with Gasteiger partial charge in [0.25, 0.3) is 0 Å². The number of β-amino-alcohol motifs (C(OH)–C–C–N with tert-alkyl or cyclic N) is 1. The molecule has 0 spiro atoms. The van der Waals surface area contributed by atoms with Crippen LogP contribution in [0.3, 0.4) is 0 Å². The first-order valence-corrected chi connectivity index (χ1v) is 8.94. The third kappa shape index (κ3) is 3.84. The van der Waals surface area contributed by atoms with Crippen molar-refractivity contribution in [2.45, 2.75) is 38.3 Å². The van der Waals surface area contributed by atoms with Crippen LogP contribution >= 0.6 is 0 Å². The maximum Gasteiger partial charge on any atom is 0.229 e. The number of likely N-dealkylation sites (tertiary alicyclic amines) is 1. The van der Waals surface area contributed by atoms with E-state index in [9.17, 15) is 5.11 Å². The van der Waals surface area contributed by atoms with Gasteiger partial charge in [-0.3, -0.25) is 4.90 Å². The van der Waals surface area contributed by atoms with Gasteiger partial charge in [-0.25, -0.2) is 4.68 Å². The molecular weight excluding hydrogens is 330 g/mol. The minimum Gasteiger partial charge on any atom is -0.388 e. The minimum atomic E-state index is -0.834. The third-order valence-corrected chi connectivity index (χ3v) is 4.73. The van der Waals surface area contributed by atoms with Crippen LogP contribution in [0.2, 0.25) is 0 Å². The highest BCUT2D eigenvalue weighted by atomic mass is 16.5. The summed E-state index contributed by atoms with van der Waals surface area (Å²) in [5.41, 5.74) is 1.20. The lowest BCUT2D eigenvalue weighted by atomic mass is 9.89. The van der Waals surface area contributed by atoms with E-state index in [4.69, 9.17) is 4.52 Å². The molecular formula is C19H23N5O2. The Morgan fingerprint density at radius 2 is 2.08 bits per heavy atom. The summed E-state index contributed by atoms with van der Waals surface area (Å²) in [6.45, 7) is 4.02. The number of para-hydroxylation sites is 1. The highest BCUT2D eigenvalue weighted by Gasteiger charge is 2.35. The summed E-state index contributed by atoms with van der Waals surface area (Å²) < 4.78 is 7.06. The van der Waals surface area contributed by atoms with Gasteiger partial charge in [-0.1, -0.05) is 23.4 Å². The van der Waals surface area contributed by atoms with Crippen LogP contribution in [0, 0.1) is 6.92 Å². The molecule has 1 N–H and O–H groups in total. The summed E-state index contributed by atoms with van der Waals surface area (Å²) in [6, 6.07) is 12.1. The van der Waals surface area contributed by atoms with E-state index in [2.05, 4.69) is 20.1 Å². The van der Waals surface area contributed by atoms with Crippen LogP contribution < -0.4 is 0 Å². The van der Waals surface area contributed by atoms with Crippen LogP contribution in [0.1, 0.15) is 30.3 Å². The lowest BCUT2D eigenvalue weighted by molar-refractivity contribution is -0.0376. The Hall–Kier alpha value is -2.51. The molecule has 3 aromatic rings. The van der Waals surface area contributed by atoms with Crippen molar-refractivity contribution >= 4 is 0 Å². The van der Waals surface area contributed by atoms with E-state index in [1.165, 1.54) is 0 Å². The monoisotopic (exact) mass is 353 g/mol. The molecule has 3 heterocycles. The zero-order chi connectivity index (χ0) is 18.0. The van der Waals surface area contributed by atoms with Gasteiger partial charge in [0.1, 0.15) is 0 Å². The third-order valence-electron chi connectivity index (χ3n) is 4.73. The fraction of sp³-hybridized carbons (Fsp3) is 0.421. The van der Waals surface area contributed by atoms with Crippen LogP contribution in [0.5, 0.6) is 0 Å². The van der Waals surface area contributed by atoms with E-state index < -0.39 is 5.60 Å². The average molecular weight is 353 g/mol. The van der Waals surface area contributed by atoms with Crippen molar-refractivity contribution in [2.24, 2.45) is 0 Å². The van der Waals surface area contributed by atoms with Crippen LogP contribution in [0.25, 0.3) is 5.69 Å². The fourth-order valence-corrected chi connectivity index (χ4v) is 3.58. The van der Waals surface area contributed by atoms with Gasteiger partial charge in [0, 0.05) is 19.3 Å². The molecule has 26 heavy (non-hydrogen) atoms. The maximum atomic E-state index is 11.0. The zero-order valence-electron chi connectivity index (χ0n) is 14.9. The molecule has 1 aliphatic heterocycles. The molecule has 0 radical (unpaired) electrons. The van der Waals surface area contributed by atoms with Crippen LogP contribution in [0.15, 0.2) is 47.1 Å². The molecule has 0 saturated carbocycles. The highest BCUT2D eigenvalue weighted by molar-refractivity contribution is 5.30. The predicted octanol–water partition coefficient (Wildman–Crippen LogP) is 2.13.